The fraction of sp³-hybridized carbons (Fsp3) is 0.214. The van der Waals surface area contributed by atoms with Crippen LogP contribution in [0.4, 0.5) is 0 Å². The molecule has 0 aliphatic heterocycles. The molecule has 1 heterocycles. The quantitative estimate of drug-likeness (QED) is 0.771. The van der Waals surface area contributed by atoms with Gasteiger partial charge in [0.15, 0.2) is 0 Å². The van der Waals surface area contributed by atoms with E-state index in [0.29, 0.717) is 17.0 Å². The Morgan fingerprint density at radius 2 is 2.17 bits per heavy atom. The number of hydrogen-bond donors (Lipinski definition) is 0. The molecule has 18 heavy (non-hydrogen) atoms. The number of aromatic nitrogens is 1. The molecule has 0 aliphatic rings. The van der Waals surface area contributed by atoms with Crippen LogP contribution in [-0.4, -0.2) is 4.98 Å². The molecule has 1 aromatic carbocycles. The molecule has 0 atom stereocenters. The summed E-state index contributed by atoms with van der Waals surface area (Å²) in [6.07, 6.45) is 3.64. The van der Waals surface area contributed by atoms with E-state index in [1.165, 1.54) is 0 Å². The van der Waals surface area contributed by atoms with Gasteiger partial charge in [-0.15, -0.1) is 0 Å². The molecule has 0 N–H and O–H groups in total. The third-order valence-corrected chi connectivity index (χ3v) is 3.45. The molecular weight excluding hydrogens is 314 g/mol. The number of nitrogens with zero attached hydrogens (tertiary/aromatic N) is 1. The van der Waals surface area contributed by atoms with Crippen molar-refractivity contribution in [3.05, 3.63) is 58.4 Å². The maximum Gasteiger partial charge on any atom is 0.125 e. The molecule has 4 heteroatoms. The molecule has 2 aromatic rings. The number of halogens is 2. The first kappa shape index (κ1) is 13.4. The number of rotatable bonds is 4. The van der Waals surface area contributed by atoms with Gasteiger partial charge in [-0.05, 0) is 30.7 Å². The van der Waals surface area contributed by atoms with Crippen molar-refractivity contribution in [1.29, 1.82) is 0 Å². The van der Waals surface area contributed by atoms with Crippen LogP contribution < -0.4 is 4.74 Å². The Morgan fingerprint density at radius 1 is 1.33 bits per heavy atom. The van der Waals surface area contributed by atoms with Crippen LogP contribution in [0, 0.1) is 6.92 Å². The van der Waals surface area contributed by atoms with Gasteiger partial charge < -0.3 is 4.74 Å². The number of benzene rings is 1. The van der Waals surface area contributed by atoms with Crippen LogP contribution in [0.2, 0.25) is 5.02 Å². The van der Waals surface area contributed by atoms with Gasteiger partial charge in [-0.1, -0.05) is 33.6 Å². The van der Waals surface area contributed by atoms with Gasteiger partial charge in [0.25, 0.3) is 0 Å². The fourth-order valence-electron chi connectivity index (χ4n) is 1.66. The van der Waals surface area contributed by atoms with E-state index in [1.807, 2.05) is 37.5 Å². The molecule has 2 nitrogen and oxygen atoms in total. The Balaban J connectivity index is 2.13. The van der Waals surface area contributed by atoms with Crippen LogP contribution >= 0.6 is 27.5 Å². The zero-order valence-electron chi connectivity index (χ0n) is 9.99. The maximum atomic E-state index is 6.11. The molecule has 94 valence electrons. The highest BCUT2D eigenvalue weighted by molar-refractivity contribution is 9.08. The molecule has 0 saturated heterocycles. The summed E-state index contributed by atoms with van der Waals surface area (Å²) in [6.45, 7) is 2.51. The highest BCUT2D eigenvalue weighted by Crippen LogP contribution is 2.29. The number of pyridine rings is 1. The molecule has 0 amide bonds. The Kier molecular flexibility index (Phi) is 4.61. The largest absolute Gasteiger partial charge is 0.488 e. The molecule has 0 unspecified atom stereocenters. The Morgan fingerprint density at radius 3 is 2.89 bits per heavy atom. The average molecular weight is 327 g/mol. The topological polar surface area (TPSA) is 22.1 Å². The van der Waals surface area contributed by atoms with E-state index in [4.69, 9.17) is 16.3 Å². The fourth-order valence-corrected chi connectivity index (χ4v) is 2.63. The predicted octanol–water partition coefficient (Wildman–Crippen LogP) is 4.52. The van der Waals surface area contributed by atoms with Gasteiger partial charge in [-0.3, -0.25) is 4.98 Å². The second-order valence-electron chi connectivity index (χ2n) is 4.01. The molecular formula is C14H13BrClNO. The summed E-state index contributed by atoms with van der Waals surface area (Å²) in [5.41, 5.74) is 3.15. The van der Waals surface area contributed by atoms with E-state index in [2.05, 4.69) is 27.0 Å². The number of ether oxygens (including phenoxy) is 1. The van der Waals surface area contributed by atoms with Crippen molar-refractivity contribution in [2.45, 2.75) is 18.9 Å². The molecule has 0 radical (unpaired) electrons. The number of alkyl halides is 1. The summed E-state index contributed by atoms with van der Waals surface area (Å²) in [7, 11) is 0. The lowest BCUT2D eigenvalue weighted by atomic mass is 10.2. The summed E-state index contributed by atoms with van der Waals surface area (Å²) in [4.78, 5) is 4.14. The minimum absolute atomic E-state index is 0.495. The third kappa shape index (κ3) is 3.24. The zero-order valence-corrected chi connectivity index (χ0v) is 12.3. The van der Waals surface area contributed by atoms with E-state index >= 15 is 0 Å². The second kappa shape index (κ2) is 6.21. The van der Waals surface area contributed by atoms with Crippen molar-refractivity contribution in [1.82, 2.24) is 4.98 Å². The standard InChI is InChI=1S/C14H13BrClNO/c1-10-5-11(8-17-7-10)9-18-14-4-2-3-13(16)12(14)6-15/h2-5,7-8H,6,9H2,1H3. The lowest BCUT2D eigenvalue weighted by Gasteiger charge is -2.11. The van der Waals surface area contributed by atoms with E-state index in [0.717, 1.165) is 22.4 Å². The van der Waals surface area contributed by atoms with Crippen molar-refractivity contribution in [3.63, 3.8) is 0 Å². The van der Waals surface area contributed by atoms with Crippen molar-refractivity contribution >= 4 is 27.5 Å². The van der Waals surface area contributed by atoms with Gasteiger partial charge >= 0.3 is 0 Å². The summed E-state index contributed by atoms with van der Waals surface area (Å²) in [5, 5.41) is 1.39. The summed E-state index contributed by atoms with van der Waals surface area (Å²) >= 11 is 9.53. The van der Waals surface area contributed by atoms with Gasteiger partial charge in [0.2, 0.25) is 0 Å². The van der Waals surface area contributed by atoms with E-state index in [-0.39, 0.29) is 0 Å². The summed E-state index contributed by atoms with van der Waals surface area (Å²) in [6, 6.07) is 7.73. The lowest BCUT2D eigenvalue weighted by molar-refractivity contribution is 0.303. The summed E-state index contributed by atoms with van der Waals surface area (Å²) < 4.78 is 5.80. The van der Waals surface area contributed by atoms with Gasteiger partial charge in [-0.25, -0.2) is 0 Å². The minimum atomic E-state index is 0.495. The Labute approximate surface area is 120 Å². The average Bonchev–Trinajstić information content (AvgIpc) is 2.36. The van der Waals surface area contributed by atoms with E-state index in [1.54, 1.807) is 0 Å². The first-order valence-electron chi connectivity index (χ1n) is 5.57. The van der Waals surface area contributed by atoms with Crippen LogP contribution in [0.25, 0.3) is 0 Å². The molecule has 0 aliphatic carbocycles. The van der Waals surface area contributed by atoms with Crippen LogP contribution in [-0.2, 0) is 11.9 Å². The van der Waals surface area contributed by atoms with E-state index < -0.39 is 0 Å². The molecule has 0 saturated carbocycles. The monoisotopic (exact) mass is 325 g/mol. The van der Waals surface area contributed by atoms with Crippen molar-refractivity contribution in [3.8, 4) is 5.75 Å². The van der Waals surface area contributed by atoms with Crippen molar-refractivity contribution in [2.24, 2.45) is 0 Å². The van der Waals surface area contributed by atoms with Crippen LogP contribution in [0.15, 0.2) is 36.7 Å². The Bertz CT molecular complexity index is 545. The molecule has 0 fully saturated rings. The number of hydrogen-bond acceptors (Lipinski definition) is 2. The molecule has 1 aromatic heterocycles. The van der Waals surface area contributed by atoms with Crippen LogP contribution in [0.3, 0.4) is 0 Å². The van der Waals surface area contributed by atoms with Gasteiger partial charge in [0, 0.05) is 33.9 Å². The van der Waals surface area contributed by atoms with Crippen LogP contribution in [0.1, 0.15) is 16.7 Å². The zero-order chi connectivity index (χ0) is 13.0. The maximum absolute atomic E-state index is 6.11. The smallest absolute Gasteiger partial charge is 0.125 e. The molecule has 2 rings (SSSR count). The van der Waals surface area contributed by atoms with Gasteiger partial charge in [0.1, 0.15) is 12.4 Å². The number of aryl methyl sites for hydroxylation is 1. The van der Waals surface area contributed by atoms with Crippen molar-refractivity contribution in [2.75, 3.05) is 0 Å². The Hall–Kier alpha value is -1.06. The summed E-state index contributed by atoms with van der Waals surface area (Å²) in [5.74, 6) is 0.806. The lowest BCUT2D eigenvalue weighted by Crippen LogP contribution is -1.99. The normalized spacial score (nSPS) is 10.4. The molecule has 0 bridgehead atoms. The van der Waals surface area contributed by atoms with Crippen LogP contribution in [0.5, 0.6) is 5.75 Å². The van der Waals surface area contributed by atoms with E-state index in [9.17, 15) is 0 Å². The third-order valence-electron chi connectivity index (χ3n) is 2.54. The van der Waals surface area contributed by atoms with Gasteiger partial charge in [0.05, 0.1) is 0 Å². The van der Waals surface area contributed by atoms with Crippen molar-refractivity contribution < 1.29 is 4.74 Å². The van der Waals surface area contributed by atoms with Gasteiger partial charge in [-0.2, -0.15) is 0 Å². The predicted molar refractivity (Wildman–Crippen MR) is 77.4 cm³/mol. The highest BCUT2D eigenvalue weighted by Gasteiger charge is 2.07. The molecule has 0 spiro atoms. The first-order chi connectivity index (χ1) is 8.70. The first-order valence-corrected chi connectivity index (χ1v) is 7.07. The SMILES string of the molecule is Cc1cncc(COc2cccc(Cl)c2CBr)c1. The minimum Gasteiger partial charge on any atom is -0.488 e. The second-order valence-corrected chi connectivity index (χ2v) is 4.98. The highest BCUT2D eigenvalue weighted by atomic mass is 79.9.